The molecule has 2 N–H and O–H groups in total. The predicted molar refractivity (Wildman–Crippen MR) is 153 cm³/mol. The summed E-state index contributed by atoms with van der Waals surface area (Å²) in [5, 5.41) is 9.30. The molecular weight excluding hydrogens is 571 g/mol. The van der Waals surface area contributed by atoms with Gasteiger partial charge in [0, 0.05) is 35.2 Å². The number of carbonyl (C=O) groups is 1. The third kappa shape index (κ3) is 5.32. The summed E-state index contributed by atoms with van der Waals surface area (Å²) in [6.45, 7) is -0.393. The van der Waals surface area contributed by atoms with Crippen LogP contribution in [0.5, 0.6) is 0 Å². The van der Waals surface area contributed by atoms with Crippen LogP contribution in [0.15, 0.2) is 96.2 Å². The summed E-state index contributed by atoms with van der Waals surface area (Å²) in [6, 6.07) is 24.2. The number of nitrogens with one attached hydrogen (secondary N) is 1. The van der Waals surface area contributed by atoms with Gasteiger partial charge in [-0.05, 0) is 47.4 Å². The van der Waals surface area contributed by atoms with Crippen molar-refractivity contribution < 1.29 is 26.8 Å². The highest BCUT2D eigenvalue weighted by atomic mass is 32.2. The Bertz CT molecular complexity index is 1710. The molecule has 208 valence electrons. The molecule has 5 rings (SSSR count). The second-order valence-electron chi connectivity index (χ2n) is 9.48. The Morgan fingerprint density at radius 3 is 2.33 bits per heavy atom. The average Bonchev–Trinajstić information content (AvgIpc) is 3.43. The second-order valence-corrected chi connectivity index (χ2v) is 14.9. The van der Waals surface area contributed by atoms with Gasteiger partial charge in [-0.1, -0.05) is 54.6 Å². The van der Waals surface area contributed by atoms with Gasteiger partial charge in [-0.3, -0.25) is 15.0 Å². The lowest BCUT2D eigenvalue weighted by Crippen LogP contribution is -2.41. The zero-order valence-corrected chi connectivity index (χ0v) is 23.8. The molecule has 3 heterocycles. The summed E-state index contributed by atoms with van der Waals surface area (Å²) in [6.07, 6.45) is 1.97. The maximum absolute atomic E-state index is 13.8. The minimum Gasteiger partial charge on any atom is -0.289 e. The number of carbonyl (C=O) groups excluding carboxylic acids is 1. The number of thiophene rings is 1. The molecule has 4 aromatic rings. The number of aromatic nitrogens is 1. The lowest BCUT2D eigenvalue weighted by Gasteiger charge is -2.30. The predicted octanol–water partition coefficient (Wildman–Crippen LogP) is 4.08. The fourth-order valence-corrected chi connectivity index (χ4v) is 10.1. The van der Waals surface area contributed by atoms with Gasteiger partial charge in [0.15, 0.2) is 9.84 Å². The average molecular weight is 598 g/mol. The molecule has 0 spiro atoms. The van der Waals surface area contributed by atoms with Crippen molar-refractivity contribution in [1.29, 1.82) is 0 Å². The van der Waals surface area contributed by atoms with E-state index in [9.17, 15) is 26.8 Å². The Hall–Kier alpha value is -3.42. The van der Waals surface area contributed by atoms with E-state index in [0.29, 0.717) is 4.88 Å². The number of nitrogens with zero attached hydrogens (tertiary/aromatic N) is 2. The molecule has 1 aliphatic heterocycles. The second kappa shape index (κ2) is 11.2. The molecule has 1 saturated heterocycles. The molecule has 0 aliphatic carbocycles. The lowest BCUT2D eigenvalue weighted by atomic mass is 9.97. The molecular formula is C28H27N3O6S3. The highest BCUT2D eigenvalue weighted by Crippen LogP contribution is 2.45. The van der Waals surface area contributed by atoms with Crippen molar-refractivity contribution in [3.05, 3.63) is 96.1 Å². The lowest BCUT2D eigenvalue weighted by molar-refractivity contribution is -0.129. The zero-order valence-electron chi connectivity index (χ0n) is 21.3. The molecule has 40 heavy (non-hydrogen) atoms. The van der Waals surface area contributed by atoms with Crippen molar-refractivity contribution in [2.24, 2.45) is 0 Å². The van der Waals surface area contributed by atoms with Gasteiger partial charge in [-0.2, -0.15) is 4.31 Å². The zero-order chi connectivity index (χ0) is 28.4. The van der Waals surface area contributed by atoms with Gasteiger partial charge >= 0.3 is 0 Å². The van der Waals surface area contributed by atoms with E-state index in [1.807, 2.05) is 54.6 Å². The Labute approximate surface area is 237 Å². The summed E-state index contributed by atoms with van der Waals surface area (Å²) in [5.41, 5.74) is 4.55. The fraction of sp³-hybridized carbons (Fsp3) is 0.214. The van der Waals surface area contributed by atoms with E-state index in [2.05, 4.69) is 4.98 Å². The Morgan fingerprint density at radius 2 is 1.65 bits per heavy atom. The molecule has 1 amide bonds. The minimum absolute atomic E-state index is 0.0367. The quantitative estimate of drug-likeness (QED) is 0.242. The van der Waals surface area contributed by atoms with Crippen molar-refractivity contribution in [1.82, 2.24) is 14.8 Å². The molecule has 1 aliphatic rings. The number of benzene rings is 2. The van der Waals surface area contributed by atoms with Gasteiger partial charge in [0.25, 0.3) is 0 Å². The summed E-state index contributed by atoms with van der Waals surface area (Å²) in [7, 11) is -8.06. The molecule has 2 aromatic carbocycles. The van der Waals surface area contributed by atoms with Crippen LogP contribution in [0.25, 0.3) is 21.6 Å². The first-order valence-corrected chi connectivity index (χ1v) is 16.4. The number of amides is 1. The van der Waals surface area contributed by atoms with E-state index in [1.54, 1.807) is 17.6 Å². The summed E-state index contributed by atoms with van der Waals surface area (Å²) in [5.74, 6) is -1.35. The number of sulfone groups is 1. The molecule has 1 unspecified atom stereocenters. The van der Waals surface area contributed by atoms with Crippen molar-refractivity contribution in [2.75, 3.05) is 18.8 Å². The highest BCUT2D eigenvalue weighted by molar-refractivity contribution is 7.92. The Morgan fingerprint density at radius 1 is 0.950 bits per heavy atom. The number of sulfonamides is 1. The molecule has 0 saturated carbocycles. The molecule has 9 nitrogen and oxygen atoms in total. The summed E-state index contributed by atoms with van der Waals surface area (Å²) < 4.78 is 53.6. The number of pyridine rings is 1. The van der Waals surface area contributed by atoms with E-state index in [0.717, 1.165) is 25.9 Å². The summed E-state index contributed by atoms with van der Waals surface area (Å²) in [4.78, 5) is 17.5. The van der Waals surface area contributed by atoms with Crippen molar-refractivity contribution in [3.8, 4) is 21.6 Å². The highest BCUT2D eigenvalue weighted by Gasteiger charge is 2.50. The SMILES string of the molecule is O=C(CC1(c2ccc(-c3ccc(-c4ccccc4)cc3)s2)CCN(S(=O)(=O)c2cccnc2)CCS1(=O)=O)NO. The van der Waals surface area contributed by atoms with E-state index < -0.39 is 42.7 Å². The fourth-order valence-electron chi connectivity index (χ4n) is 4.94. The maximum Gasteiger partial charge on any atom is 0.245 e. The molecule has 0 radical (unpaired) electrons. The topological polar surface area (TPSA) is 134 Å². The monoisotopic (exact) mass is 597 g/mol. The van der Waals surface area contributed by atoms with Gasteiger partial charge in [0.2, 0.25) is 15.9 Å². The van der Waals surface area contributed by atoms with Crippen LogP contribution in [-0.4, -0.2) is 56.1 Å². The third-order valence-corrected chi connectivity index (χ3v) is 13.0. The number of hydroxylamine groups is 1. The van der Waals surface area contributed by atoms with Crippen LogP contribution in [0.1, 0.15) is 17.7 Å². The van der Waals surface area contributed by atoms with Crippen LogP contribution in [0.3, 0.4) is 0 Å². The van der Waals surface area contributed by atoms with Crippen molar-refractivity contribution >= 4 is 37.1 Å². The summed E-state index contributed by atoms with van der Waals surface area (Å²) >= 11 is 1.24. The van der Waals surface area contributed by atoms with Crippen molar-refractivity contribution in [2.45, 2.75) is 22.5 Å². The number of rotatable bonds is 7. The third-order valence-electron chi connectivity index (χ3n) is 7.14. The largest absolute Gasteiger partial charge is 0.289 e. The van der Waals surface area contributed by atoms with Gasteiger partial charge in [0.1, 0.15) is 9.64 Å². The van der Waals surface area contributed by atoms with E-state index in [-0.39, 0.29) is 24.4 Å². The molecule has 12 heteroatoms. The molecule has 2 aromatic heterocycles. The van der Waals surface area contributed by atoms with Crippen LogP contribution in [-0.2, 0) is 29.4 Å². The van der Waals surface area contributed by atoms with E-state index in [4.69, 9.17) is 0 Å². The Balaban J connectivity index is 1.50. The maximum atomic E-state index is 13.8. The minimum atomic E-state index is -4.05. The smallest absolute Gasteiger partial charge is 0.245 e. The van der Waals surface area contributed by atoms with Crippen molar-refractivity contribution in [3.63, 3.8) is 0 Å². The van der Waals surface area contributed by atoms with Gasteiger partial charge < -0.3 is 0 Å². The van der Waals surface area contributed by atoms with Crippen LogP contribution < -0.4 is 5.48 Å². The first-order chi connectivity index (χ1) is 19.2. The number of hydrogen-bond donors (Lipinski definition) is 2. The van der Waals surface area contributed by atoms with Gasteiger partial charge in [-0.25, -0.2) is 22.3 Å². The van der Waals surface area contributed by atoms with Gasteiger partial charge in [-0.15, -0.1) is 11.3 Å². The van der Waals surface area contributed by atoms with Gasteiger partial charge in [0.05, 0.1) is 12.2 Å². The van der Waals surface area contributed by atoms with E-state index >= 15 is 0 Å². The molecule has 1 fully saturated rings. The van der Waals surface area contributed by atoms with E-state index in [1.165, 1.54) is 35.9 Å². The number of hydrogen-bond acceptors (Lipinski definition) is 8. The van der Waals surface area contributed by atoms with Crippen LogP contribution in [0, 0.1) is 0 Å². The first kappa shape index (κ1) is 28.1. The molecule has 0 bridgehead atoms. The first-order valence-electron chi connectivity index (χ1n) is 12.5. The standard InChI is InChI=1S/C28H27N3O6S3/c32-27(30-33)19-28(14-16-31(17-18-39(28,34)35)40(36,37)24-7-4-15-29-20-24)26-13-12-25(38-26)23-10-8-22(9-11-23)21-5-2-1-3-6-21/h1-13,15,20,33H,14,16-19H2,(H,30,32). The normalized spacial score (nSPS) is 19.5. The van der Waals surface area contributed by atoms with Crippen LogP contribution in [0.4, 0.5) is 0 Å². The van der Waals surface area contributed by atoms with Crippen LogP contribution in [0.2, 0.25) is 0 Å². The van der Waals surface area contributed by atoms with Crippen LogP contribution >= 0.6 is 11.3 Å². The molecule has 1 atom stereocenters. The Kier molecular flexibility index (Phi) is 7.89.